The molecule has 0 radical (unpaired) electrons. The second kappa shape index (κ2) is 21.4. The maximum absolute atomic E-state index is 12.1. The highest BCUT2D eigenvalue weighted by molar-refractivity contribution is 5.74. The minimum absolute atomic E-state index is 0.214. The Hall–Kier alpha value is -0.910. The summed E-state index contributed by atoms with van der Waals surface area (Å²) >= 11 is 0. The Bertz CT molecular complexity index is 347. The first kappa shape index (κ1) is 26.1. The van der Waals surface area contributed by atoms with Gasteiger partial charge in [-0.05, 0) is 70.9 Å². The molecular formula is C22H43NO4. The lowest BCUT2D eigenvalue weighted by Gasteiger charge is -2.15. The smallest absolute Gasteiger partial charge is 0.335 e. The lowest BCUT2D eigenvalue weighted by molar-refractivity contribution is -0.157. The Morgan fingerprint density at radius 1 is 0.926 bits per heavy atom. The van der Waals surface area contributed by atoms with E-state index < -0.39 is 6.10 Å². The molecule has 2 N–H and O–H groups in total. The summed E-state index contributed by atoms with van der Waals surface area (Å²) in [6.07, 6.45) is 15.1. The second-order valence-electron chi connectivity index (χ2n) is 6.91. The highest BCUT2D eigenvalue weighted by Gasteiger charge is 2.18. The molecule has 0 aliphatic heterocycles. The Labute approximate surface area is 166 Å². The van der Waals surface area contributed by atoms with Gasteiger partial charge in [0, 0.05) is 13.2 Å². The van der Waals surface area contributed by atoms with Crippen molar-refractivity contribution in [3.63, 3.8) is 0 Å². The number of allylic oxidation sites excluding steroid dienone is 2. The van der Waals surface area contributed by atoms with Gasteiger partial charge < -0.3 is 19.9 Å². The number of ether oxygens (including phenoxy) is 2. The number of hydrogen-bond donors (Lipinski definition) is 2. The minimum atomic E-state index is -0.417. The fourth-order valence-corrected chi connectivity index (χ4v) is 2.69. The topological polar surface area (TPSA) is 67.8 Å². The zero-order valence-corrected chi connectivity index (χ0v) is 17.7. The number of carbonyl (C=O) groups excluding carboxylic acids is 1. The Morgan fingerprint density at radius 3 is 2.33 bits per heavy atom. The number of rotatable bonds is 20. The van der Waals surface area contributed by atoms with Crippen LogP contribution in [0.25, 0.3) is 0 Å². The fraction of sp³-hybridized carbons (Fsp3) is 0.864. The zero-order valence-electron chi connectivity index (χ0n) is 17.7. The van der Waals surface area contributed by atoms with Gasteiger partial charge in [-0.2, -0.15) is 0 Å². The summed E-state index contributed by atoms with van der Waals surface area (Å²) in [6, 6.07) is 0. The number of unbranched alkanes of at least 4 members (excludes halogenated alkanes) is 6. The highest BCUT2D eigenvalue weighted by atomic mass is 16.6. The van der Waals surface area contributed by atoms with Crippen molar-refractivity contribution in [1.82, 2.24) is 5.32 Å². The van der Waals surface area contributed by atoms with Gasteiger partial charge in [0.25, 0.3) is 0 Å². The van der Waals surface area contributed by atoms with Crippen LogP contribution in [0.1, 0.15) is 84.5 Å². The largest absolute Gasteiger partial charge is 0.464 e. The number of aliphatic hydroxyl groups is 1. The molecular weight excluding hydrogens is 342 g/mol. The molecule has 0 bridgehead atoms. The first-order valence-electron chi connectivity index (χ1n) is 11.0. The SMILES string of the molecule is CC/C=C\CCCCOC(CC)C(=O)OCCCCCCNCCCCO. The van der Waals surface area contributed by atoms with Crippen LogP contribution in [-0.4, -0.2) is 50.1 Å². The summed E-state index contributed by atoms with van der Waals surface area (Å²) in [5.74, 6) is -0.214. The van der Waals surface area contributed by atoms with Crippen LogP contribution in [0.4, 0.5) is 0 Å². The van der Waals surface area contributed by atoms with Gasteiger partial charge in [0.05, 0.1) is 6.61 Å². The van der Waals surface area contributed by atoms with E-state index in [4.69, 9.17) is 14.6 Å². The molecule has 0 aliphatic rings. The number of aliphatic hydroxyl groups excluding tert-OH is 1. The van der Waals surface area contributed by atoms with E-state index in [-0.39, 0.29) is 12.6 Å². The Balaban J connectivity index is 3.50. The molecule has 0 amide bonds. The van der Waals surface area contributed by atoms with Gasteiger partial charge in [0.15, 0.2) is 6.10 Å². The molecule has 0 aromatic rings. The number of esters is 1. The molecule has 5 nitrogen and oxygen atoms in total. The summed E-state index contributed by atoms with van der Waals surface area (Å²) in [5, 5.41) is 12.1. The lowest BCUT2D eigenvalue weighted by Crippen LogP contribution is -2.26. The predicted octanol–water partition coefficient (Wildman–Crippen LogP) is 4.38. The number of nitrogens with one attached hydrogen (secondary N) is 1. The van der Waals surface area contributed by atoms with Crippen LogP contribution in [0.3, 0.4) is 0 Å². The van der Waals surface area contributed by atoms with E-state index in [0.717, 1.165) is 77.3 Å². The van der Waals surface area contributed by atoms with E-state index in [0.29, 0.717) is 19.6 Å². The quantitative estimate of drug-likeness (QED) is 0.185. The second-order valence-corrected chi connectivity index (χ2v) is 6.91. The van der Waals surface area contributed by atoms with E-state index in [2.05, 4.69) is 24.4 Å². The van der Waals surface area contributed by atoms with Gasteiger partial charge >= 0.3 is 5.97 Å². The molecule has 1 unspecified atom stereocenters. The van der Waals surface area contributed by atoms with Crippen LogP contribution >= 0.6 is 0 Å². The zero-order chi connectivity index (χ0) is 20.0. The van der Waals surface area contributed by atoms with Gasteiger partial charge in [0.1, 0.15) is 0 Å². The van der Waals surface area contributed by atoms with Crippen LogP contribution in [0, 0.1) is 0 Å². The van der Waals surface area contributed by atoms with Crippen molar-refractivity contribution in [2.45, 2.75) is 90.6 Å². The summed E-state index contributed by atoms with van der Waals surface area (Å²) in [7, 11) is 0. The van der Waals surface area contributed by atoms with E-state index in [9.17, 15) is 4.79 Å². The molecule has 0 rings (SSSR count). The van der Waals surface area contributed by atoms with Crippen LogP contribution < -0.4 is 5.32 Å². The number of carbonyl (C=O) groups is 1. The van der Waals surface area contributed by atoms with Gasteiger partial charge in [-0.15, -0.1) is 0 Å². The van der Waals surface area contributed by atoms with Crippen LogP contribution in [-0.2, 0) is 14.3 Å². The van der Waals surface area contributed by atoms with Gasteiger partial charge in [-0.1, -0.05) is 38.8 Å². The van der Waals surface area contributed by atoms with Crippen LogP contribution in [0.15, 0.2) is 12.2 Å². The van der Waals surface area contributed by atoms with E-state index in [1.807, 2.05) is 6.92 Å². The van der Waals surface area contributed by atoms with E-state index in [1.165, 1.54) is 0 Å². The molecule has 1 atom stereocenters. The van der Waals surface area contributed by atoms with E-state index in [1.54, 1.807) is 0 Å². The Morgan fingerprint density at radius 2 is 1.63 bits per heavy atom. The van der Waals surface area contributed by atoms with E-state index >= 15 is 0 Å². The molecule has 0 aromatic carbocycles. The summed E-state index contributed by atoms with van der Waals surface area (Å²) in [5.41, 5.74) is 0. The standard InChI is InChI=1S/C22H43NO4/c1-3-5-6-7-9-14-19-26-21(4-2)22(25)27-20-15-10-8-11-16-23-17-12-13-18-24/h5-6,21,23-24H,3-4,7-20H2,1-2H3/b6-5-. The summed E-state index contributed by atoms with van der Waals surface area (Å²) < 4.78 is 11.1. The van der Waals surface area contributed by atoms with Crippen molar-refractivity contribution in [2.75, 3.05) is 32.9 Å². The fourth-order valence-electron chi connectivity index (χ4n) is 2.69. The van der Waals surface area contributed by atoms with Crippen molar-refractivity contribution in [3.8, 4) is 0 Å². The molecule has 0 spiro atoms. The van der Waals surface area contributed by atoms with Crippen molar-refractivity contribution in [2.24, 2.45) is 0 Å². The van der Waals surface area contributed by atoms with Crippen molar-refractivity contribution in [3.05, 3.63) is 12.2 Å². The molecule has 0 aliphatic carbocycles. The normalized spacial score (nSPS) is 12.6. The maximum atomic E-state index is 12.1. The molecule has 0 fully saturated rings. The summed E-state index contributed by atoms with van der Waals surface area (Å²) in [6.45, 7) is 7.49. The van der Waals surface area contributed by atoms with Crippen molar-refractivity contribution >= 4 is 5.97 Å². The average molecular weight is 386 g/mol. The predicted molar refractivity (Wildman–Crippen MR) is 112 cm³/mol. The highest BCUT2D eigenvalue weighted by Crippen LogP contribution is 2.06. The molecule has 0 saturated carbocycles. The van der Waals surface area contributed by atoms with Crippen molar-refractivity contribution < 1.29 is 19.4 Å². The molecule has 27 heavy (non-hydrogen) atoms. The molecule has 160 valence electrons. The third-order valence-electron chi connectivity index (χ3n) is 4.37. The molecule has 0 heterocycles. The molecule has 0 saturated heterocycles. The summed E-state index contributed by atoms with van der Waals surface area (Å²) in [4.78, 5) is 12.1. The van der Waals surface area contributed by atoms with Gasteiger partial charge in [0.2, 0.25) is 0 Å². The first-order chi connectivity index (χ1) is 13.3. The monoisotopic (exact) mass is 385 g/mol. The van der Waals surface area contributed by atoms with Crippen molar-refractivity contribution in [1.29, 1.82) is 0 Å². The maximum Gasteiger partial charge on any atom is 0.335 e. The average Bonchev–Trinajstić information content (AvgIpc) is 2.68. The number of hydrogen-bond acceptors (Lipinski definition) is 5. The third kappa shape index (κ3) is 18.2. The third-order valence-corrected chi connectivity index (χ3v) is 4.37. The Kier molecular flexibility index (Phi) is 20.7. The molecule has 0 aromatic heterocycles. The molecule has 5 heteroatoms. The lowest BCUT2D eigenvalue weighted by atomic mass is 10.2. The minimum Gasteiger partial charge on any atom is -0.464 e. The van der Waals surface area contributed by atoms with Crippen LogP contribution in [0.5, 0.6) is 0 Å². The van der Waals surface area contributed by atoms with Crippen LogP contribution in [0.2, 0.25) is 0 Å². The van der Waals surface area contributed by atoms with Gasteiger partial charge in [-0.3, -0.25) is 0 Å². The van der Waals surface area contributed by atoms with Gasteiger partial charge in [-0.25, -0.2) is 4.79 Å². The first-order valence-corrected chi connectivity index (χ1v) is 11.0.